The fourth-order valence-corrected chi connectivity index (χ4v) is 3.61. The molecule has 150 valence electrons. The third-order valence-electron chi connectivity index (χ3n) is 5.13. The third-order valence-corrected chi connectivity index (χ3v) is 5.13. The van der Waals surface area contributed by atoms with E-state index in [1.54, 1.807) is 12.1 Å². The predicted octanol–water partition coefficient (Wildman–Crippen LogP) is 3.51. The molecule has 1 aliphatic rings. The Morgan fingerprint density at radius 1 is 1.10 bits per heavy atom. The molecule has 1 aromatic heterocycles. The van der Waals surface area contributed by atoms with E-state index in [4.69, 9.17) is 4.74 Å². The number of carbonyl (C=O) groups excluding carboxylic acids is 1. The molecule has 0 spiro atoms. The van der Waals surface area contributed by atoms with Crippen molar-refractivity contribution in [3.05, 3.63) is 88.5 Å². The van der Waals surface area contributed by atoms with Crippen LogP contribution in [0.2, 0.25) is 0 Å². The zero-order chi connectivity index (χ0) is 20.1. The molecule has 2 aromatic carbocycles. The van der Waals surface area contributed by atoms with Crippen LogP contribution < -0.4 is 5.32 Å². The number of aromatic nitrogens is 2. The summed E-state index contributed by atoms with van der Waals surface area (Å²) in [5, 5.41) is 7.56. The van der Waals surface area contributed by atoms with E-state index in [9.17, 15) is 9.18 Å². The van der Waals surface area contributed by atoms with E-state index in [0.29, 0.717) is 38.4 Å². The van der Waals surface area contributed by atoms with Gasteiger partial charge in [-0.05, 0) is 36.1 Å². The maximum Gasteiger partial charge on any atom is 0.272 e. The van der Waals surface area contributed by atoms with E-state index in [1.807, 2.05) is 22.9 Å². The second-order valence-electron chi connectivity index (χ2n) is 7.21. The van der Waals surface area contributed by atoms with Gasteiger partial charge in [0.2, 0.25) is 0 Å². The van der Waals surface area contributed by atoms with Crippen molar-refractivity contribution in [2.45, 2.75) is 32.4 Å². The predicted molar refractivity (Wildman–Crippen MR) is 108 cm³/mol. The molecule has 0 unspecified atom stereocenters. The molecule has 6 heteroatoms. The van der Waals surface area contributed by atoms with Gasteiger partial charge in [0, 0.05) is 24.2 Å². The topological polar surface area (TPSA) is 56.2 Å². The quantitative estimate of drug-likeness (QED) is 0.625. The summed E-state index contributed by atoms with van der Waals surface area (Å²) in [6, 6.07) is 16.6. The van der Waals surface area contributed by atoms with Crippen molar-refractivity contribution in [1.29, 1.82) is 0 Å². The summed E-state index contributed by atoms with van der Waals surface area (Å²) in [7, 11) is 0. The minimum Gasteiger partial charge on any atom is -0.376 e. The lowest BCUT2D eigenvalue weighted by molar-refractivity contribution is 0.0924. The molecular formula is C23H24FN3O2. The van der Waals surface area contributed by atoms with Crippen LogP contribution >= 0.6 is 0 Å². The van der Waals surface area contributed by atoms with Gasteiger partial charge in [-0.3, -0.25) is 9.48 Å². The molecule has 1 amide bonds. The number of hydrogen-bond acceptors (Lipinski definition) is 3. The Labute approximate surface area is 169 Å². The highest BCUT2D eigenvalue weighted by Crippen LogP contribution is 2.22. The van der Waals surface area contributed by atoms with Crippen LogP contribution in [0.3, 0.4) is 0 Å². The van der Waals surface area contributed by atoms with Crippen molar-refractivity contribution in [1.82, 2.24) is 15.1 Å². The van der Waals surface area contributed by atoms with Crippen molar-refractivity contribution in [3.63, 3.8) is 0 Å². The summed E-state index contributed by atoms with van der Waals surface area (Å²) >= 11 is 0. The molecule has 0 bridgehead atoms. The number of aryl methyl sites for hydroxylation is 1. The minimum atomic E-state index is -0.264. The molecule has 0 saturated carbocycles. The summed E-state index contributed by atoms with van der Waals surface area (Å²) in [5.74, 6) is -0.433. The SMILES string of the molecule is O=C(NCCCc1ccccc1)c1nn(Cc2ccc(F)cc2)c2c1COCC2. The molecule has 0 aliphatic carbocycles. The van der Waals surface area contributed by atoms with Crippen LogP contribution in [0.4, 0.5) is 4.39 Å². The molecule has 0 fully saturated rings. The fraction of sp³-hybridized carbons (Fsp3) is 0.304. The molecular weight excluding hydrogens is 369 g/mol. The molecule has 1 aliphatic heterocycles. The van der Waals surface area contributed by atoms with E-state index in [2.05, 4.69) is 22.5 Å². The molecule has 29 heavy (non-hydrogen) atoms. The van der Waals surface area contributed by atoms with Gasteiger partial charge in [-0.2, -0.15) is 5.10 Å². The number of amides is 1. The zero-order valence-electron chi connectivity index (χ0n) is 16.2. The van der Waals surface area contributed by atoms with Gasteiger partial charge in [-0.25, -0.2) is 4.39 Å². The molecule has 2 heterocycles. The normalized spacial score (nSPS) is 13.1. The first-order valence-electron chi connectivity index (χ1n) is 9.93. The second-order valence-corrected chi connectivity index (χ2v) is 7.21. The number of hydrogen-bond donors (Lipinski definition) is 1. The van der Waals surface area contributed by atoms with E-state index in [1.165, 1.54) is 17.7 Å². The Morgan fingerprint density at radius 3 is 2.69 bits per heavy atom. The number of fused-ring (bicyclic) bond motifs is 1. The van der Waals surface area contributed by atoms with Crippen molar-refractivity contribution in [3.8, 4) is 0 Å². The van der Waals surface area contributed by atoms with Crippen LogP contribution in [0, 0.1) is 5.82 Å². The number of nitrogens with one attached hydrogen (secondary N) is 1. The summed E-state index contributed by atoms with van der Waals surface area (Å²) in [4.78, 5) is 12.7. The average Bonchev–Trinajstić information content (AvgIpc) is 3.12. The highest BCUT2D eigenvalue weighted by molar-refractivity contribution is 5.94. The van der Waals surface area contributed by atoms with E-state index in [0.717, 1.165) is 29.7 Å². The fourth-order valence-electron chi connectivity index (χ4n) is 3.61. The summed E-state index contributed by atoms with van der Waals surface area (Å²) in [6.45, 7) is 2.10. The molecule has 0 radical (unpaired) electrons. The van der Waals surface area contributed by atoms with Gasteiger partial charge in [0.1, 0.15) is 5.82 Å². The lowest BCUT2D eigenvalue weighted by atomic mass is 10.1. The highest BCUT2D eigenvalue weighted by Gasteiger charge is 2.25. The zero-order valence-corrected chi connectivity index (χ0v) is 16.2. The van der Waals surface area contributed by atoms with Crippen LogP contribution in [0.25, 0.3) is 0 Å². The number of carbonyl (C=O) groups is 1. The number of rotatable bonds is 7. The van der Waals surface area contributed by atoms with Crippen molar-refractivity contribution in [2.75, 3.05) is 13.2 Å². The number of halogens is 1. The number of ether oxygens (including phenoxy) is 1. The Bertz CT molecular complexity index is 968. The van der Waals surface area contributed by atoms with Crippen LogP contribution in [0.15, 0.2) is 54.6 Å². The molecule has 1 N–H and O–H groups in total. The Balaban J connectivity index is 1.43. The second kappa shape index (κ2) is 9.01. The summed E-state index contributed by atoms with van der Waals surface area (Å²) < 4.78 is 20.6. The van der Waals surface area contributed by atoms with Crippen LogP contribution in [-0.4, -0.2) is 28.8 Å². The van der Waals surface area contributed by atoms with E-state index < -0.39 is 0 Å². The van der Waals surface area contributed by atoms with E-state index >= 15 is 0 Å². The average molecular weight is 393 g/mol. The van der Waals surface area contributed by atoms with Gasteiger partial charge in [0.05, 0.1) is 19.8 Å². The van der Waals surface area contributed by atoms with Crippen molar-refractivity contribution in [2.24, 2.45) is 0 Å². The Hall–Kier alpha value is -2.99. The van der Waals surface area contributed by atoms with E-state index in [-0.39, 0.29) is 11.7 Å². The lowest BCUT2D eigenvalue weighted by Crippen LogP contribution is -2.26. The highest BCUT2D eigenvalue weighted by atomic mass is 19.1. The van der Waals surface area contributed by atoms with Gasteiger partial charge in [-0.1, -0.05) is 42.5 Å². The molecule has 0 saturated heterocycles. The number of benzene rings is 2. The first kappa shape index (κ1) is 19.3. The summed E-state index contributed by atoms with van der Waals surface area (Å²) in [5.41, 5.74) is 4.52. The molecule has 3 aromatic rings. The van der Waals surface area contributed by atoms with Crippen LogP contribution in [0.1, 0.15) is 39.3 Å². The van der Waals surface area contributed by atoms with Gasteiger partial charge in [0.15, 0.2) is 5.69 Å². The molecule has 4 rings (SSSR count). The Morgan fingerprint density at radius 2 is 1.90 bits per heavy atom. The minimum absolute atomic E-state index is 0.169. The lowest BCUT2D eigenvalue weighted by Gasteiger charge is -2.15. The third kappa shape index (κ3) is 4.71. The maximum absolute atomic E-state index is 13.2. The molecule has 0 atom stereocenters. The summed E-state index contributed by atoms with van der Waals surface area (Å²) in [6.07, 6.45) is 2.50. The van der Waals surface area contributed by atoms with Crippen molar-refractivity contribution < 1.29 is 13.9 Å². The largest absolute Gasteiger partial charge is 0.376 e. The number of nitrogens with zero attached hydrogens (tertiary/aromatic N) is 2. The maximum atomic E-state index is 13.2. The monoisotopic (exact) mass is 393 g/mol. The van der Waals surface area contributed by atoms with Gasteiger partial charge in [0.25, 0.3) is 5.91 Å². The first-order chi connectivity index (χ1) is 14.2. The van der Waals surface area contributed by atoms with Gasteiger partial charge >= 0.3 is 0 Å². The standard InChI is InChI=1S/C23H24FN3O2/c24-19-10-8-18(9-11-19)15-27-21-12-14-29-16-20(21)22(26-27)23(28)25-13-4-7-17-5-2-1-3-6-17/h1-3,5-6,8-11H,4,7,12-16H2,(H,25,28). The van der Waals surface area contributed by atoms with Gasteiger partial charge < -0.3 is 10.1 Å². The molecule has 5 nitrogen and oxygen atoms in total. The van der Waals surface area contributed by atoms with Crippen LogP contribution in [-0.2, 0) is 30.7 Å². The first-order valence-corrected chi connectivity index (χ1v) is 9.93. The van der Waals surface area contributed by atoms with Crippen LogP contribution in [0.5, 0.6) is 0 Å². The van der Waals surface area contributed by atoms with Crippen molar-refractivity contribution >= 4 is 5.91 Å². The Kier molecular flexibility index (Phi) is 6.00. The smallest absolute Gasteiger partial charge is 0.272 e. The van der Waals surface area contributed by atoms with Gasteiger partial charge in [-0.15, -0.1) is 0 Å².